The van der Waals surface area contributed by atoms with Crippen molar-refractivity contribution in [2.75, 3.05) is 0 Å². The quantitative estimate of drug-likeness (QED) is 0.493. The summed E-state index contributed by atoms with van der Waals surface area (Å²) < 4.78 is 0. The van der Waals surface area contributed by atoms with E-state index in [2.05, 4.69) is 0 Å². The Kier molecular flexibility index (Phi) is 37.8. The van der Waals surface area contributed by atoms with Crippen LogP contribution in [0.4, 0.5) is 0 Å². The van der Waals surface area contributed by atoms with E-state index in [0.29, 0.717) is 0 Å². The summed E-state index contributed by atoms with van der Waals surface area (Å²) in [6.45, 7) is 0. The number of aliphatic carboxylic acids is 2. The molecule has 0 aliphatic rings. The van der Waals surface area contributed by atoms with Crippen molar-refractivity contribution in [2.24, 2.45) is 0 Å². The molecule has 0 saturated carbocycles. The average molecular weight is 274 g/mol. The number of carboxylic acid groups (broad SMARTS) is 2. The van der Waals surface area contributed by atoms with E-state index in [1.165, 1.54) is 0 Å². The van der Waals surface area contributed by atoms with Gasteiger partial charge in [-0.2, -0.15) is 0 Å². The van der Waals surface area contributed by atoms with E-state index in [0.717, 1.165) is 0 Å². The van der Waals surface area contributed by atoms with Gasteiger partial charge in [-0.1, -0.05) is 0 Å². The summed E-state index contributed by atoms with van der Waals surface area (Å²) in [5, 5.41) is 35.7. The first kappa shape index (κ1) is 30.9. The van der Waals surface area contributed by atoms with Gasteiger partial charge in [-0.15, -0.1) is 0 Å². The second-order valence-corrected chi connectivity index (χ2v) is 1.53. The van der Waals surface area contributed by atoms with Crippen LogP contribution in [0.3, 0.4) is 0 Å². The van der Waals surface area contributed by atoms with Crippen LogP contribution in [-0.4, -0.2) is 137 Å². The van der Waals surface area contributed by atoms with Crippen molar-refractivity contribution in [1.82, 2.24) is 0 Å². The van der Waals surface area contributed by atoms with E-state index in [-0.39, 0.29) is 162 Å². The van der Waals surface area contributed by atoms with Crippen LogP contribution < -0.4 is 69.3 Å². The molecular formula is C4H6K2Na2O6. The molecule has 0 aromatic heterocycles. The zero-order valence-corrected chi connectivity index (χ0v) is 10.7. The molecule has 0 saturated heterocycles. The molecule has 0 rings (SSSR count). The molecule has 0 aromatic rings. The second-order valence-electron chi connectivity index (χ2n) is 1.53. The van der Waals surface area contributed by atoms with Gasteiger partial charge in [0.15, 0.2) is 0 Å². The summed E-state index contributed by atoms with van der Waals surface area (Å²) in [4.78, 5) is 19.3. The van der Waals surface area contributed by atoms with Crippen LogP contribution in [0.2, 0.25) is 0 Å². The number of carbonyl (C=O) groups is 2. The van der Waals surface area contributed by atoms with E-state index in [1.807, 2.05) is 0 Å². The first-order valence-corrected chi connectivity index (χ1v) is 2.24. The van der Waals surface area contributed by atoms with E-state index in [4.69, 9.17) is 10.2 Å². The van der Waals surface area contributed by atoms with Crippen molar-refractivity contribution >= 4 is 115 Å². The fraction of sp³-hybridized carbons (Fsp3) is 0.500. The molecule has 0 heterocycles. The number of rotatable bonds is 3. The number of carboxylic acids is 2. The number of hydrogen-bond donors (Lipinski definition) is 2. The molecule has 10 heteroatoms. The third-order valence-corrected chi connectivity index (χ3v) is 0.782. The monoisotopic (exact) mass is 274 g/mol. The number of aliphatic hydroxyl groups is 2. The molecular weight excluding hydrogens is 268 g/mol. The Morgan fingerprint density at radius 3 is 1.07 bits per heavy atom. The minimum absolute atomic E-state index is 0. The zero-order chi connectivity index (χ0) is 8.31. The minimum atomic E-state index is -2.44. The largest absolute Gasteiger partial charge is 1.00 e. The van der Waals surface area contributed by atoms with Gasteiger partial charge in [0.05, 0.1) is 11.9 Å². The van der Waals surface area contributed by atoms with Gasteiger partial charge in [0.1, 0.15) is 12.2 Å². The third-order valence-electron chi connectivity index (χ3n) is 0.782. The Hall–Kier alpha value is 4.13. The standard InChI is InChI=1S/C4H6O6.2K.2Na.2H/c5-1(3(7)8)2(6)4(9)10;;;;;;/h1-2,5-6H,(H,7,8)(H,9,10);;;;;;/q;;;2*+1;;/p-2. The zero-order valence-electron chi connectivity index (χ0n) is 6.68. The van der Waals surface area contributed by atoms with Crippen molar-refractivity contribution in [3.63, 3.8) is 0 Å². The van der Waals surface area contributed by atoms with Crippen molar-refractivity contribution < 1.29 is 89.1 Å². The van der Waals surface area contributed by atoms with Gasteiger partial charge in [-0.05, 0) is 0 Å². The smallest absolute Gasteiger partial charge is 1.00 e. The Bertz CT molecular complexity index is 150. The van der Waals surface area contributed by atoms with Gasteiger partial charge in [0.25, 0.3) is 0 Å². The SMILES string of the molecule is O=C([O-])C(O)C(O)C(=O)[O-].[KH].[KH].[Na+].[Na+]. The normalized spacial score (nSPS) is 11.3. The van der Waals surface area contributed by atoms with Gasteiger partial charge in [0, 0.05) is 0 Å². The van der Waals surface area contributed by atoms with Crippen LogP contribution in [0, 0.1) is 0 Å². The second kappa shape index (κ2) is 17.1. The topological polar surface area (TPSA) is 121 Å². The van der Waals surface area contributed by atoms with E-state index >= 15 is 0 Å². The Morgan fingerprint density at radius 1 is 0.857 bits per heavy atom. The van der Waals surface area contributed by atoms with Crippen molar-refractivity contribution in [3.8, 4) is 0 Å². The predicted octanol–water partition coefficient (Wildman–Crippen LogP) is -12.1. The molecule has 0 amide bonds. The van der Waals surface area contributed by atoms with Gasteiger partial charge in [-0.3, -0.25) is 0 Å². The maximum absolute atomic E-state index is 9.63. The molecule has 0 fully saturated rings. The molecule has 2 N–H and O–H groups in total. The molecule has 0 aliphatic heterocycles. The molecule has 0 aromatic carbocycles. The van der Waals surface area contributed by atoms with Gasteiger partial charge in [0.2, 0.25) is 0 Å². The minimum Gasteiger partial charge on any atom is 1.00 e. The first-order chi connectivity index (χ1) is 4.46. The molecule has 0 aliphatic carbocycles. The van der Waals surface area contributed by atoms with Gasteiger partial charge in [-0.25, -0.2) is 0 Å². The van der Waals surface area contributed by atoms with E-state index < -0.39 is 24.1 Å². The third kappa shape index (κ3) is 14.2. The summed E-state index contributed by atoms with van der Waals surface area (Å²) in [5.41, 5.74) is 0. The van der Waals surface area contributed by atoms with Gasteiger partial charge < -0.3 is 30.0 Å². The number of aliphatic hydroxyl groups excluding tert-OH is 2. The van der Waals surface area contributed by atoms with Gasteiger partial charge >= 0.3 is 162 Å². The van der Waals surface area contributed by atoms with Crippen LogP contribution in [0.25, 0.3) is 0 Å². The average Bonchev–Trinajstić information content (AvgIpc) is 1.84. The Labute approximate surface area is 210 Å². The molecule has 2 atom stereocenters. The molecule has 0 spiro atoms. The fourth-order valence-corrected chi connectivity index (χ4v) is 0.258. The molecule has 14 heavy (non-hydrogen) atoms. The summed E-state index contributed by atoms with van der Waals surface area (Å²) in [7, 11) is 0. The molecule has 0 radical (unpaired) electrons. The van der Waals surface area contributed by atoms with Crippen molar-refractivity contribution in [1.29, 1.82) is 0 Å². The van der Waals surface area contributed by atoms with Crippen LogP contribution >= 0.6 is 0 Å². The number of carbonyl (C=O) groups excluding carboxylic acids is 2. The predicted molar refractivity (Wildman–Crippen MR) is 36.3 cm³/mol. The summed E-state index contributed by atoms with van der Waals surface area (Å²) in [6.07, 6.45) is -4.88. The fourth-order valence-electron chi connectivity index (χ4n) is 0.258. The van der Waals surface area contributed by atoms with Crippen LogP contribution in [0.5, 0.6) is 0 Å². The summed E-state index contributed by atoms with van der Waals surface area (Å²) >= 11 is 0. The maximum Gasteiger partial charge on any atom is 1.00 e. The first-order valence-electron chi connectivity index (χ1n) is 2.24. The van der Waals surface area contributed by atoms with Crippen molar-refractivity contribution in [2.45, 2.75) is 12.2 Å². The van der Waals surface area contributed by atoms with Crippen LogP contribution in [0.15, 0.2) is 0 Å². The Morgan fingerprint density at radius 2 is 1.00 bits per heavy atom. The van der Waals surface area contributed by atoms with E-state index in [9.17, 15) is 19.8 Å². The summed E-state index contributed by atoms with van der Waals surface area (Å²) in [6, 6.07) is 0. The molecule has 0 bridgehead atoms. The van der Waals surface area contributed by atoms with Crippen LogP contribution in [-0.2, 0) is 9.59 Å². The molecule has 62 valence electrons. The van der Waals surface area contributed by atoms with Crippen LogP contribution in [0.1, 0.15) is 0 Å². The summed E-state index contributed by atoms with van der Waals surface area (Å²) in [5.74, 6) is -4.12. The Balaban J connectivity index is -0.0000000675. The maximum atomic E-state index is 9.63. The molecule has 2 unspecified atom stereocenters. The van der Waals surface area contributed by atoms with E-state index in [1.54, 1.807) is 0 Å². The number of hydrogen-bond acceptors (Lipinski definition) is 6. The molecule has 6 nitrogen and oxygen atoms in total. The van der Waals surface area contributed by atoms with Crippen molar-refractivity contribution in [3.05, 3.63) is 0 Å².